The third-order valence-electron chi connectivity index (χ3n) is 4.18. The molecule has 6 heteroatoms. The molecule has 1 aromatic heterocycles. The molecule has 1 heterocycles. The molecule has 25 heavy (non-hydrogen) atoms. The molecule has 0 radical (unpaired) electrons. The van der Waals surface area contributed by atoms with Crippen molar-refractivity contribution in [3.05, 3.63) is 53.4 Å². The van der Waals surface area contributed by atoms with Gasteiger partial charge in [0, 0.05) is 18.5 Å². The number of hydrogen-bond donors (Lipinski definition) is 0. The van der Waals surface area contributed by atoms with Crippen molar-refractivity contribution in [2.24, 2.45) is 0 Å². The summed E-state index contributed by atoms with van der Waals surface area (Å²) in [5, 5.41) is 3.79. The lowest BCUT2D eigenvalue weighted by Crippen LogP contribution is -2.48. The lowest BCUT2D eigenvalue weighted by molar-refractivity contribution is -0.148. The summed E-state index contributed by atoms with van der Waals surface area (Å²) >= 11 is 0. The maximum absolute atomic E-state index is 13.0. The van der Waals surface area contributed by atoms with Crippen LogP contribution >= 0.6 is 0 Å². The summed E-state index contributed by atoms with van der Waals surface area (Å²) < 4.78 is 10.4. The molecular weight excluding hydrogens is 320 g/mol. The summed E-state index contributed by atoms with van der Waals surface area (Å²) in [5.74, 6) is -0.535. The van der Waals surface area contributed by atoms with E-state index in [1.807, 2.05) is 30.3 Å². The normalized spacial score (nSPS) is 14.8. The number of amides is 1. The lowest BCUT2D eigenvalue weighted by Gasteiger charge is -2.29. The molecule has 0 spiro atoms. The smallest absolute Gasteiger partial charge is 0.329 e. The van der Waals surface area contributed by atoms with Crippen LogP contribution in [-0.2, 0) is 16.0 Å². The molecule has 1 aliphatic rings. The Labute approximate surface area is 146 Å². The Bertz CT molecular complexity index is 737. The van der Waals surface area contributed by atoms with E-state index in [-0.39, 0.29) is 30.3 Å². The first-order chi connectivity index (χ1) is 12.1. The van der Waals surface area contributed by atoms with E-state index in [4.69, 9.17) is 9.26 Å². The molecule has 3 rings (SSSR count). The Balaban J connectivity index is 1.89. The monoisotopic (exact) mass is 342 g/mol. The second-order valence-corrected chi connectivity index (χ2v) is 6.23. The zero-order valence-electron chi connectivity index (χ0n) is 14.5. The van der Waals surface area contributed by atoms with E-state index in [0.29, 0.717) is 12.1 Å². The number of carbonyl (C=O) groups excluding carboxylic acids is 2. The molecule has 0 aliphatic heterocycles. The number of rotatable bonds is 7. The predicted octanol–water partition coefficient (Wildman–Crippen LogP) is 2.76. The van der Waals surface area contributed by atoms with Crippen LogP contribution < -0.4 is 0 Å². The van der Waals surface area contributed by atoms with Gasteiger partial charge >= 0.3 is 5.97 Å². The molecular formula is C19H22N2O4. The Hall–Kier alpha value is -2.63. The standard InChI is InChI=1S/C19H22N2O4/c1-3-24-19(23)16(12-14-7-5-4-6-8-14)21(15-9-10-15)18(22)17-11-13(2)20-25-17/h4-8,11,15-16H,3,9-10,12H2,1-2H3. The first-order valence-corrected chi connectivity index (χ1v) is 8.56. The number of nitrogens with zero attached hydrogens (tertiary/aromatic N) is 2. The third-order valence-corrected chi connectivity index (χ3v) is 4.18. The average Bonchev–Trinajstić information content (AvgIpc) is 3.35. The summed E-state index contributed by atoms with van der Waals surface area (Å²) in [6, 6.07) is 10.6. The molecule has 2 aromatic rings. The highest BCUT2D eigenvalue weighted by molar-refractivity contribution is 5.95. The third kappa shape index (κ3) is 4.07. The molecule has 1 unspecified atom stereocenters. The molecule has 1 amide bonds. The van der Waals surface area contributed by atoms with Crippen molar-refractivity contribution in [1.29, 1.82) is 0 Å². The minimum absolute atomic E-state index is 0.0380. The number of carbonyl (C=O) groups is 2. The van der Waals surface area contributed by atoms with Crippen molar-refractivity contribution in [2.75, 3.05) is 6.61 Å². The van der Waals surface area contributed by atoms with Gasteiger partial charge in [-0.1, -0.05) is 35.5 Å². The van der Waals surface area contributed by atoms with Crippen molar-refractivity contribution in [3.8, 4) is 0 Å². The van der Waals surface area contributed by atoms with Gasteiger partial charge in [0.2, 0.25) is 5.76 Å². The van der Waals surface area contributed by atoms with Gasteiger partial charge < -0.3 is 14.2 Å². The minimum atomic E-state index is -0.673. The Morgan fingerprint density at radius 2 is 2.04 bits per heavy atom. The van der Waals surface area contributed by atoms with Crippen LogP contribution in [0.3, 0.4) is 0 Å². The van der Waals surface area contributed by atoms with Crippen LogP contribution in [0.4, 0.5) is 0 Å². The van der Waals surface area contributed by atoms with Crippen LogP contribution in [0.5, 0.6) is 0 Å². The van der Waals surface area contributed by atoms with Crippen LogP contribution in [0.1, 0.15) is 41.6 Å². The van der Waals surface area contributed by atoms with Crippen LogP contribution in [0.2, 0.25) is 0 Å². The minimum Gasteiger partial charge on any atom is -0.464 e. The molecule has 0 bridgehead atoms. The molecule has 1 atom stereocenters. The van der Waals surface area contributed by atoms with Gasteiger partial charge in [0.25, 0.3) is 5.91 Å². The van der Waals surface area contributed by atoms with E-state index >= 15 is 0 Å². The van der Waals surface area contributed by atoms with E-state index in [0.717, 1.165) is 18.4 Å². The molecule has 132 valence electrons. The summed E-state index contributed by atoms with van der Waals surface area (Å²) in [6.07, 6.45) is 2.17. The lowest BCUT2D eigenvalue weighted by atomic mass is 10.0. The van der Waals surface area contributed by atoms with Gasteiger partial charge in [-0.25, -0.2) is 4.79 Å². The molecule has 1 aromatic carbocycles. The van der Waals surface area contributed by atoms with Crippen LogP contribution in [0, 0.1) is 6.92 Å². The molecule has 0 saturated heterocycles. The quantitative estimate of drug-likeness (QED) is 0.724. The zero-order chi connectivity index (χ0) is 17.8. The van der Waals surface area contributed by atoms with Gasteiger partial charge in [0.05, 0.1) is 12.3 Å². The molecule has 0 N–H and O–H groups in total. The van der Waals surface area contributed by atoms with Crippen LogP contribution in [-0.4, -0.2) is 40.6 Å². The number of aryl methyl sites for hydroxylation is 1. The molecule has 6 nitrogen and oxygen atoms in total. The summed E-state index contributed by atoms with van der Waals surface area (Å²) in [4.78, 5) is 27.2. The molecule has 1 saturated carbocycles. The molecule has 1 aliphatic carbocycles. The summed E-state index contributed by atoms with van der Waals surface area (Å²) in [6.45, 7) is 3.80. The van der Waals surface area contributed by atoms with Crippen molar-refractivity contribution < 1.29 is 18.8 Å². The Morgan fingerprint density at radius 3 is 2.60 bits per heavy atom. The Kier molecular flexibility index (Phi) is 5.16. The van der Waals surface area contributed by atoms with Gasteiger partial charge in [-0.15, -0.1) is 0 Å². The van der Waals surface area contributed by atoms with Crippen molar-refractivity contribution >= 4 is 11.9 Å². The van der Waals surface area contributed by atoms with Gasteiger partial charge in [0.15, 0.2) is 0 Å². The van der Waals surface area contributed by atoms with E-state index in [2.05, 4.69) is 5.16 Å². The fourth-order valence-electron chi connectivity index (χ4n) is 2.88. The number of esters is 1. The first-order valence-electron chi connectivity index (χ1n) is 8.56. The van der Waals surface area contributed by atoms with E-state index in [1.165, 1.54) is 0 Å². The van der Waals surface area contributed by atoms with E-state index < -0.39 is 6.04 Å². The number of aromatic nitrogens is 1. The van der Waals surface area contributed by atoms with Crippen molar-refractivity contribution in [1.82, 2.24) is 10.1 Å². The average molecular weight is 342 g/mol. The second-order valence-electron chi connectivity index (χ2n) is 6.23. The van der Waals surface area contributed by atoms with Gasteiger partial charge in [-0.2, -0.15) is 0 Å². The maximum Gasteiger partial charge on any atom is 0.329 e. The predicted molar refractivity (Wildman–Crippen MR) is 91.0 cm³/mol. The fourth-order valence-corrected chi connectivity index (χ4v) is 2.88. The largest absolute Gasteiger partial charge is 0.464 e. The number of benzene rings is 1. The highest BCUT2D eigenvalue weighted by atomic mass is 16.5. The Morgan fingerprint density at radius 1 is 1.32 bits per heavy atom. The van der Waals surface area contributed by atoms with Gasteiger partial charge in [-0.3, -0.25) is 4.79 Å². The number of hydrogen-bond acceptors (Lipinski definition) is 5. The number of ether oxygens (including phenoxy) is 1. The van der Waals surface area contributed by atoms with E-state index in [1.54, 1.807) is 24.8 Å². The van der Waals surface area contributed by atoms with Crippen molar-refractivity contribution in [2.45, 2.75) is 45.2 Å². The van der Waals surface area contributed by atoms with Gasteiger partial charge in [0.1, 0.15) is 6.04 Å². The second kappa shape index (κ2) is 7.51. The zero-order valence-corrected chi connectivity index (χ0v) is 14.5. The topological polar surface area (TPSA) is 72.6 Å². The van der Waals surface area contributed by atoms with Crippen LogP contribution in [0.25, 0.3) is 0 Å². The summed E-state index contributed by atoms with van der Waals surface area (Å²) in [7, 11) is 0. The SMILES string of the molecule is CCOC(=O)C(Cc1ccccc1)N(C(=O)c1cc(C)no1)C1CC1. The highest BCUT2D eigenvalue weighted by Gasteiger charge is 2.42. The maximum atomic E-state index is 13.0. The van der Waals surface area contributed by atoms with Crippen LogP contribution in [0.15, 0.2) is 40.9 Å². The molecule has 1 fully saturated rings. The fraction of sp³-hybridized carbons (Fsp3) is 0.421. The van der Waals surface area contributed by atoms with E-state index in [9.17, 15) is 9.59 Å². The first kappa shape index (κ1) is 17.2. The summed E-state index contributed by atoms with van der Waals surface area (Å²) in [5.41, 5.74) is 1.61. The van der Waals surface area contributed by atoms with Crippen molar-refractivity contribution in [3.63, 3.8) is 0 Å². The van der Waals surface area contributed by atoms with Gasteiger partial charge in [-0.05, 0) is 32.3 Å². The highest BCUT2D eigenvalue weighted by Crippen LogP contribution is 2.32.